The molecular formula is C21H20BrN3O2. The van der Waals surface area contributed by atoms with Crippen LogP contribution in [0.5, 0.6) is 0 Å². The summed E-state index contributed by atoms with van der Waals surface area (Å²) < 4.78 is 8.65. The van der Waals surface area contributed by atoms with Crippen molar-refractivity contribution in [2.24, 2.45) is 0 Å². The van der Waals surface area contributed by atoms with Gasteiger partial charge in [-0.1, -0.05) is 52.3 Å². The van der Waals surface area contributed by atoms with Gasteiger partial charge < -0.3 is 10.1 Å². The van der Waals surface area contributed by atoms with Crippen molar-refractivity contribution < 1.29 is 9.53 Å². The minimum absolute atomic E-state index is 0.0762. The van der Waals surface area contributed by atoms with Gasteiger partial charge in [0.1, 0.15) is 5.82 Å². The summed E-state index contributed by atoms with van der Waals surface area (Å²) in [6, 6.07) is 18.0. The Morgan fingerprint density at radius 1 is 1.22 bits per heavy atom. The van der Waals surface area contributed by atoms with E-state index in [1.54, 1.807) is 10.9 Å². The molecule has 27 heavy (non-hydrogen) atoms. The van der Waals surface area contributed by atoms with E-state index in [1.807, 2.05) is 48.5 Å². The third-order valence-corrected chi connectivity index (χ3v) is 5.16. The fourth-order valence-corrected chi connectivity index (χ4v) is 3.83. The van der Waals surface area contributed by atoms with Crippen molar-refractivity contribution in [3.8, 4) is 0 Å². The maximum absolute atomic E-state index is 12.6. The second-order valence-corrected chi connectivity index (χ2v) is 7.48. The molecule has 2 heterocycles. The molecule has 4 rings (SSSR count). The van der Waals surface area contributed by atoms with Crippen molar-refractivity contribution in [1.82, 2.24) is 9.78 Å². The number of carbonyl (C=O) groups is 1. The van der Waals surface area contributed by atoms with Crippen LogP contribution < -0.4 is 5.32 Å². The molecule has 0 aliphatic carbocycles. The predicted molar refractivity (Wildman–Crippen MR) is 108 cm³/mol. The van der Waals surface area contributed by atoms with Crippen LogP contribution in [0.1, 0.15) is 29.2 Å². The average molecular weight is 426 g/mol. The molecule has 0 spiro atoms. The fourth-order valence-electron chi connectivity index (χ4n) is 3.38. The lowest BCUT2D eigenvalue weighted by molar-refractivity contribution is -0.119. The van der Waals surface area contributed by atoms with E-state index in [2.05, 4.69) is 32.4 Å². The van der Waals surface area contributed by atoms with Crippen LogP contribution in [0.15, 0.2) is 65.3 Å². The number of nitrogens with zero attached hydrogens (tertiary/aromatic N) is 2. The van der Waals surface area contributed by atoms with Gasteiger partial charge in [-0.15, -0.1) is 0 Å². The van der Waals surface area contributed by atoms with E-state index >= 15 is 0 Å². The number of rotatable bonds is 5. The van der Waals surface area contributed by atoms with Crippen LogP contribution in [0, 0.1) is 0 Å². The molecule has 0 radical (unpaired) electrons. The summed E-state index contributed by atoms with van der Waals surface area (Å²) in [6.07, 6.45) is 2.68. The Labute approximate surface area is 166 Å². The highest BCUT2D eigenvalue weighted by Crippen LogP contribution is 2.29. The first-order valence-electron chi connectivity index (χ1n) is 8.94. The van der Waals surface area contributed by atoms with Gasteiger partial charge in [-0.25, -0.2) is 4.68 Å². The van der Waals surface area contributed by atoms with Crippen LogP contribution in [0.4, 0.5) is 5.82 Å². The summed E-state index contributed by atoms with van der Waals surface area (Å²) in [5.74, 6) is 0.608. The number of benzene rings is 2. The number of ether oxygens (including phenoxy) is 1. The van der Waals surface area contributed by atoms with Gasteiger partial charge in [-0.05, 0) is 35.2 Å². The van der Waals surface area contributed by atoms with Crippen molar-refractivity contribution in [3.63, 3.8) is 0 Å². The minimum Gasteiger partial charge on any atom is -0.373 e. The van der Waals surface area contributed by atoms with Gasteiger partial charge in [0.25, 0.3) is 0 Å². The lowest BCUT2D eigenvalue weighted by atomic mass is 9.96. The highest BCUT2D eigenvalue weighted by molar-refractivity contribution is 9.10. The van der Waals surface area contributed by atoms with Crippen molar-refractivity contribution in [2.75, 3.05) is 11.9 Å². The summed E-state index contributed by atoms with van der Waals surface area (Å²) in [5, 5.41) is 7.31. The van der Waals surface area contributed by atoms with Crippen LogP contribution in [0.2, 0.25) is 0 Å². The highest BCUT2D eigenvalue weighted by Gasteiger charge is 2.23. The molecule has 5 nitrogen and oxygen atoms in total. The lowest BCUT2D eigenvalue weighted by Gasteiger charge is -2.25. The molecule has 1 atom stereocenters. The van der Waals surface area contributed by atoms with E-state index in [0.717, 1.165) is 22.0 Å². The first kappa shape index (κ1) is 17.9. The van der Waals surface area contributed by atoms with Crippen LogP contribution in [0.25, 0.3) is 0 Å². The van der Waals surface area contributed by atoms with Gasteiger partial charge in [0.05, 0.1) is 31.9 Å². The Morgan fingerprint density at radius 2 is 2.11 bits per heavy atom. The molecule has 1 aromatic heterocycles. The molecule has 1 N–H and O–H groups in total. The molecule has 3 aromatic rings. The topological polar surface area (TPSA) is 56.1 Å². The minimum atomic E-state index is -0.198. The quantitative estimate of drug-likeness (QED) is 0.661. The van der Waals surface area contributed by atoms with E-state index in [4.69, 9.17) is 4.74 Å². The summed E-state index contributed by atoms with van der Waals surface area (Å²) in [4.78, 5) is 12.6. The molecule has 1 aliphatic heterocycles. The molecule has 6 heteroatoms. The monoisotopic (exact) mass is 425 g/mol. The van der Waals surface area contributed by atoms with Gasteiger partial charge in [-0.2, -0.15) is 5.10 Å². The Hall–Kier alpha value is -2.44. The average Bonchev–Trinajstić information content (AvgIpc) is 3.08. The largest absolute Gasteiger partial charge is 0.373 e. The predicted octanol–water partition coefficient (Wildman–Crippen LogP) is 4.34. The summed E-state index contributed by atoms with van der Waals surface area (Å²) in [7, 11) is 0. The van der Waals surface area contributed by atoms with E-state index in [-0.39, 0.29) is 12.0 Å². The number of halogens is 1. The number of aromatic nitrogens is 2. The summed E-state index contributed by atoms with van der Waals surface area (Å²) in [6.45, 7) is 1.24. The van der Waals surface area contributed by atoms with Crippen LogP contribution in [0.3, 0.4) is 0 Å². The molecular weight excluding hydrogens is 406 g/mol. The van der Waals surface area contributed by atoms with Crippen molar-refractivity contribution in [3.05, 3.63) is 82.0 Å². The van der Waals surface area contributed by atoms with Gasteiger partial charge in [-0.3, -0.25) is 4.79 Å². The molecule has 138 valence electrons. The first-order chi connectivity index (χ1) is 13.2. The maximum atomic E-state index is 12.6. The number of hydrogen-bond donors (Lipinski definition) is 1. The van der Waals surface area contributed by atoms with Gasteiger partial charge in [0.15, 0.2) is 0 Å². The number of fused-ring (bicyclic) bond motifs is 1. The van der Waals surface area contributed by atoms with Crippen molar-refractivity contribution >= 4 is 27.7 Å². The first-order valence-corrected chi connectivity index (χ1v) is 9.74. The molecule has 0 saturated heterocycles. The number of anilines is 1. The van der Waals surface area contributed by atoms with Crippen LogP contribution >= 0.6 is 15.9 Å². The molecule has 1 aliphatic rings. The van der Waals surface area contributed by atoms with Gasteiger partial charge in [0.2, 0.25) is 5.91 Å². The molecule has 2 aromatic carbocycles. The second kappa shape index (κ2) is 8.06. The zero-order valence-corrected chi connectivity index (χ0v) is 16.4. The highest BCUT2D eigenvalue weighted by atomic mass is 79.9. The maximum Gasteiger partial charge on any atom is 0.228 e. The normalized spacial score (nSPS) is 16.0. The number of carbonyl (C=O) groups excluding carboxylic acids is 1. The molecule has 1 amide bonds. The van der Waals surface area contributed by atoms with E-state index in [9.17, 15) is 4.79 Å². The lowest BCUT2D eigenvalue weighted by Crippen LogP contribution is -2.23. The second-order valence-electron chi connectivity index (χ2n) is 6.56. The Bertz CT molecular complexity index is 954. The zero-order valence-electron chi connectivity index (χ0n) is 14.8. The van der Waals surface area contributed by atoms with Crippen molar-refractivity contribution in [1.29, 1.82) is 0 Å². The van der Waals surface area contributed by atoms with Crippen LogP contribution in [-0.4, -0.2) is 22.3 Å². The molecule has 0 bridgehead atoms. The van der Waals surface area contributed by atoms with E-state index in [0.29, 0.717) is 25.4 Å². The van der Waals surface area contributed by atoms with E-state index in [1.165, 1.54) is 5.56 Å². The van der Waals surface area contributed by atoms with Crippen LogP contribution in [-0.2, 0) is 22.5 Å². The summed E-state index contributed by atoms with van der Waals surface area (Å²) in [5.41, 5.74) is 3.48. The summed E-state index contributed by atoms with van der Waals surface area (Å²) >= 11 is 3.48. The zero-order chi connectivity index (χ0) is 18.6. The number of amides is 1. The molecule has 0 fully saturated rings. The smallest absolute Gasteiger partial charge is 0.228 e. The van der Waals surface area contributed by atoms with Crippen molar-refractivity contribution in [2.45, 2.75) is 25.5 Å². The Balaban J connectivity index is 1.43. The Kier molecular flexibility index (Phi) is 5.36. The standard InChI is InChI=1S/C21H20BrN3O2/c22-17-6-3-4-15(12-17)14-25-20(8-10-23-25)24-21(26)13-19-18-7-2-1-5-16(18)9-11-27-19/h1-8,10,12,19H,9,11,13-14H2,(H,24,26). The Morgan fingerprint density at radius 3 is 3.00 bits per heavy atom. The fraction of sp³-hybridized carbons (Fsp3) is 0.238. The SMILES string of the molecule is O=C(CC1OCCc2ccccc21)Nc1ccnn1Cc1cccc(Br)c1. The molecule has 1 unspecified atom stereocenters. The van der Waals surface area contributed by atoms with Gasteiger partial charge in [0, 0.05) is 10.5 Å². The molecule has 0 saturated carbocycles. The third-order valence-electron chi connectivity index (χ3n) is 4.67. The van der Waals surface area contributed by atoms with Gasteiger partial charge >= 0.3 is 0 Å². The third kappa shape index (κ3) is 4.28. The van der Waals surface area contributed by atoms with E-state index < -0.39 is 0 Å². The number of hydrogen-bond acceptors (Lipinski definition) is 3. The number of nitrogens with one attached hydrogen (secondary N) is 1.